The molecule has 0 fully saturated rings. The number of fused-ring (bicyclic) bond motifs is 2. The third kappa shape index (κ3) is 7.00. The first kappa shape index (κ1) is 33.1. The van der Waals surface area contributed by atoms with Crippen molar-refractivity contribution in [1.29, 1.82) is 0 Å². The zero-order valence-electron chi connectivity index (χ0n) is 26.0. The summed E-state index contributed by atoms with van der Waals surface area (Å²) < 4.78 is 0. The average molecular weight is 716 g/mol. The Labute approximate surface area is 307 Å². The minimum Gasteiger partial charge on any atom is -0.208 e. The van der Waals surface area contributed by atoms with Crippen LogP contribution in [0.4, 0.5) is 0 Å². The zero-order valence-corrected chi connectivity index (χ0v) is 30.4. The Morgan fingerprint density at radius 3 is 1.44 bits per heavy atom. The number of nitrogens with zero attached hydrogens (tertiary/aromatic N) is 3. The van der Waals surface area contributed by atoms with Crippen LogP contribution in [0.1, 0.15) is 27.8 Å². The Morgan fingerprint density at radius 1 is 0.438 bits per heavy atom. The quantitative estimate of drug-likeness (QED) is 0.0646. The molecule has 48 heavy (non-hydrogen) atoms. The van der Waals surface area contributed by atoms with Gasteiger partial charge >= 0.3 is 0 Å². The van der Waals surface area contributed by atoms with Gasteiger partial charge in [0.2, 0.25) is 0 Å². The zero-order chi connectivity index (χ0) is 33.0. The van der Waals surface area contributed by atoms with Crippen molar-refractivity contribution in [3.05, 3.63) is 143 Å². The van der Waals surface area contributed by atoms with Gasteiger partial charge < -0.3 is 0 Å². The first-order valence-electron chi connectivity index (χ1n) is 15.6. The van der Waals surface area contributed by atoms with Crippen molar-refractivity contribution >= 4 is 83.8 Å². The van der Waals surface area contributed by atoms with Crippen molar-refractivity contribution in [2.75, 3.05) is 0 Å². The van der Waals surface area contributed by atoms with Crippen LogP contribution in [0.5, 0.6) is 0 Å². The van der Waals surface area contributed by atoms with E-state index in [1.807, 2.05) is 11.8 Å². The van der Waals surface area contributed by atoms with Gasteiger partial charge in [-0.25, -0.2) is 15.0 Å². The SMILES string of the molecule is SCc1ccc(-c2nc(-c3ccc(CS)cc3)nc(-c3ccc(CS)c(SCc4cccc5cc6c(CS)cccc6cc45)c3)n2)cc1. The highest BCUT2D eigenvalue weighted by Gasteiger charge is 2.15. The van der Waals surface area contributed by atoms with Gasteiger partial charge in [-0.2, -0.15) is 50.5 Å². The van der Waals surface area contributed by atoms with Crippen LogP contribution in [0.25, 0.3) is 55.7 Å². The van der Waals surface area contributed by atoms with E-state index in [2.05, 4.69) is 166 Å². The molecule has 0 unspecified atom stereocenters. The first-order chi connectivity index (χ1) is 23.6. The Bertz CT molecular complexity index is 2170. The van der Waals surface area contributed by atoms with E-state index in [0.29, 0.717) is 34.7 Å². The molecule has 0 atom stereocenters. The van der Waals surface area contributed by atoms with E-state index in [0.717, 1.165) is 44.2 Å². The largest absolute Gasteiger partial charge is 0.208 e. The van der Waals surface area contributed by atoms with Crippen molar-refractivity contribution in [2.24, 2.45) is 0 Å². The molecular weight excluding hydrogens is 683 g/mol. The predicted octanol–water partition coefficient (Wildman–Crippen LogP) is 11.2. The topological polar surface area (TPSA) is 38.7 Å². The lowest BCUT2D eigenvalue weighted by molar-refractivity contribution is 1.07. The molecular formula is C40H33N3S5. The smallest absolute Gasteiger partial charge is 0.164 e. The first-order valence-corrected chi connectivity index (χ1v) is 19.2. The van der Waals surface area contributed by atoms with Gasteiger partial charge in [-0.15, -0.1) is 11.8 Å². The molecule has 0 spiro atoms. The molecule has 0 radical (unpaired) electrons. The third-order valence-corrected chi connectivity index (χ3v) is 11.1. The second-order valence-electron chi connectivity index (χ2n) is 11.6. The van der Waals surface area contributed by atoms with Crippen LogP contribution in [0, 0.1) is 0 Å². The van der Waals surface area contributed by atoms with E-state index in [9.17, 15) is 0 Å². The summed E-state index contributed by atoms with van der Waals surface area (Å²) in [6, 6.07) is 40.6. The van der Waals surface area contributed by atoms with Gasteiger partial charge in [-0.3, -0.25) is 0 Å². The second kappa shape index (κ2) is 15.0. The molecule has 0 aliphatic carbocycles. The number of hydrogen-bond donors (Lipinski definition) is 4. The molecule has 0 saturated carbocycles. The van der Waals surface area contributed by atoms with Crippen LogP contribution in [-0.4, -0.2) is 15.0 Å². The maximum absolute atomic E-state index is 5.00. The van der Waals surface area contributed by atoms with E-state index >= 15 is 0 Å². The normalized spacial score (nSPS) is 11.4. The van der Waals surface area contributed by atoms with Gasteiger partial charge in [-0.05, 0) is 67.6 Å². The number of thioether (sulfide) groups is 1. The summed E-state index contributed by atoms with van der Waals surface area (Å²) in [6.45, 7) is 0. The van der Waals surface area contributed by atoms with Crippen LogP contribution in [-0.2, 0) is 28.8 Å². The lowest BCUT2D eigenvalue weighted by Crippen LogP contribution is -2.01. The molecule has 0 bridgehead atoms. The molecule has 0 aliphatic rings. The fourth-order valence-corrected chi connectivity index (χ4v) is 8.02. The highest BCUT2D eigenvalue weighted by Crippen LogP contribution is 2.35. The van der Waals surface area contributed by atoms with Crippen molar-refractivity contribution < 1.29 is 0 Å². The van der Waals surface area contributed by atoms with Gasteiger partial charge in [0.15, 0.2) is 17.5 Å². The lowest BCUT2D eigenvalue weighted by Gasteiger charge is -2.13. The van der Waals surface area contributed by atoms with Crippen molar-refractivity contribution in [1.82, 2.24) is 15.0 Å². The summed E-state index contributed by atoms with van der Waals surface area (Å²) >= 11 is 19.9. The monoisotopic (exact) mass is 715 g/mol. The van der Waals surface area contributed by atoms with Gasteiger partial charge in [0, 0.05) is 50.4 Å². The van der Waals surface area contributed by atoms with Gasteiger partial charge in [0.1, 0.15) is 0 Å². The molecule has 0 N–H and O–H groups in total. The molecule has 238 valence electrons. The summed E-state index contributed by atoms with van der Waals surface area (Å²) in [5.74, 6) is 5.43. The van der Waals surface area contributed by atoms with E-state index in [1.165, 1.54) is 38.2 Å². The maximum Gasteiger partial charge on any atom is 0.164 e. The molecule has 1 heterocycles. The minimum atomic E-state index is 0.635. The van der Waals surface area contributed by atoms with Crippen molar-refractivity contribution in [3.63, 3.8) is 0 Å². The number of rotatable bonds is 10. The molecule has 7 aromatic rings. The van der Waals surface area contributed by atoms with Crippen molar-refractivity contribution in [3.8, 4) is 34.2 Å². The standard InChI is InChI=1S/C40H33N3S5/c44-20-25-7-11-27(12-8-25)38-41-39(28-13-9-26(21-45)10-14-28)43-40(42-38)31-15-16-33(23-47)37(19-31)48-24-34-6-2-4-30-17-35-29(18-36(30)34)3-1-5-32(35)22-46/h1-19,44-47H,20-24H2. The fourth-order valence-electron chi connectivity index (χ4n) is 5.84. The molecule has 7 rings (SSSR count). The average Bonchev–Trinajstić information content (AvgIpc) is 3.15. The van der Waals surface area contributed by atoms with Gasteiger partial charge in [-0.1, -0.05) is 97.1 Å². The Kier molecular flexibility index (Phi) is 10.4. The summed E-state index contributed by atoms with van der Waals surface area (Å²) in [7, 11) is 0. The molecule has 3 nitrogen and oxygen atoms in total. The van der Waals surface area contributed by atoms with Crippen LogP contribution >= 0.6 is 62.3 Å². The predicted molar refractivity (Wildman–Crippen MR) is 218 cm³/mol. The third-order valence-electron chi connectivity index (χ3n) is 8.53. The summed E-state index contributed by atoms with van der Waals surface area (Å²) in [5.41, 5.74) is 8.82. The van der Waals surface area contributed by atoms with E-state index in [-0.39, 0.29) is 0 Å². The summed E-state index contributed by atoms with van der Waals surface area (Å²) in [6.07, 6.45) is 0. The van der Waals surface area contributed by atoms with Gasteiger partial charge in [0.25, 0.3) is 0 Å². The highest BCUT2D eigenvalue weighted by molar-refractivity contribution is 7.98. The van der Waals surface area contributed by atoms with Crippen LogP contribution in [0.3, 0.4) is 0 Å². The Balaban J connectivity index is 1.26. The van der Waals surface area contributed by atoms with Crippen LogP contribution in [0.15, 0.2) is 120 Å². The minimum absolute atomic E-state index is 0.635. The maximum atomic E-state index is 5.00. The fraction of sp³-hybridized carbons (Fsp3) is 0.125. The lowest BCUT2D eigenvalue weighted by atomic mass is 9.98. The molecule has 0 aliphatic heterocycles. The van der Waals surface area contributed by atoms with E-state index in [4.69, 9.17) is 15.0 Å². The second-order valence-corrected chi connectivity index (χ2v) is 13.9. The summed E-state index contributed by atoms with van der Waals surface area (Å²) in [5, 5.41) is 5.03. The van der Waals surface area contributed by atoms with Crippen LogP contribution in [0.2, 0.25) is 0 Å². The van der Waals surface area contributed by atoms with Gasteiger partial charge in [0.05, 0.1) is 0 Å². The molecule has 0 amide bonds. The number of thiol groups is 4. The molecule has 0 saturated heterocycles. The molecule has 6 aromatic carbocycles. The number of hydrogen-bond acceptors (Lipinski definition) is 8. The van der Waals surface area contributed by atoms with Crippen LogP contribution < -0.4 is 0 Å². The Morgan fingerprint density at radius 2 is 0.917 bits per heavy atom. The molecule has 8 heteroatoms. The van der Waals surface area contributed by atoms with E-state index in [1.54, 1.807) is 0 Å². The molecule has 1 aromatic heterocycles. The van der Waals surface area contributed by atoms with Crippen molar-refractivity contribution in [2.45, 2.75) is 33.7 Å². The van der Waals surface area contributed by atoms with E-state index < -0.39 is 0 Å². The highest BCUT2D eigenvalue weighted by atomic mass is 32.2. The number of aromatic nitrogens is 3. The number of benzene rings is 6. The summed E-state index contributed by atoms with van der Waals surface area (Å²) in [4.78, 5) is 16.1. The Hall–Kier alpha value is -3.40.